The molecule has 1 aromatic carbocycles. The van der Waals surface area contributed by atoms with Gasteiger partial charge in [0.1, 0.15) is 0 Å². The topological polar surface area (TPSA) is 64.4 Å². The van der Waals surface area contributed by atoms with Gasteiger partial charge in [0.15, 0.2) is 0 Å². The van der Waals surface area contributed by atoms with Gasteiger partial charge in [0.2, 0.25) is 5.91 Å². The van der Waals surface area contributed by atoms with Crippen molar-refractivity contribution in [2.75, 3.05) is 26.0 Å². The number of hydrogen-bond acceptors (Lipinski definition) is 4. The minimum atomic E-state index is -0.454. The number of nitrogens with two attached hydrogens (primary N) is 1. The largest absolute Gasteiger partial charge is 0.384 e. The first kappa shape index (κ1) is 20.0. The van der Waals surface area contributed by atoms with E-state index in [0.717, 1.165) is 30.8 Å². The summed E-state index contributed by atoms with van der Waals surface area (Å²) in [7, 11) is 1.71. The summed E-state index contributed by atoms with van der Waals surface area (Å²) in [6.45, 7) is 7.18. The van der Waals surface area contributed by atoms with Crippen LogP contribution in [-0.2, 0) is 9.53 Å². The number of methoxy groups -OCH3 is 1. The Morgan fingerprint density at radius 2 is 1.91 bits per heavy atom. The molecule has 0 aliphatic carbocycles. The standard InChI is InChI=1S/C18H30N2O2S/c1-5-18(6-2,13-19)17(21)20-14(3)15-7-9-16(10-8-15)23-12-11-22-4/h7-10,14H,5-6,11-13,19H2,1-4H3,(H,20,21). The number of carbonyl (C=O) groups excluding carboxylic acids is 1. The van der Waals surface area contributed by atoms with Gasteiger partial charge in [-0.1, -0.05) is 26.0 Å². The van der Waals surface area contributed by atoms with E-state index in [1.165, 1.54) is 4.90 Å². The van der Waals surface area contributed by atoms with Crippen LogP contribution >= 0.6 is 11.8 Å². The third-order valence-electron chi connectivity index (χ3n) is 4.51. The molecule has 0 bridgehead atoms. The molecule has 1 atom stereocenters. The molecule has 3 N–H and O–H groups in total. The van der Waals surface area contributed by atoms with E-state index in [-0.39, 0.29) is 11.9 Å². The first-order valence-corrected chi connectivity index (χ1v) is 9.24. The lowest BCUT2D eigenvalue weighted by Gasteiger charge is -2.30. The number of rotatable bonds is 10. The van der Waals surface area contributed by atoms with E-state index in [9.17, 15) is 4.79 Å². The highest BCUT2D eigenvalue weighted by Gasteiger charge is 2.33. The van der Waals surface area contributed by atoms with Crippen molar-refractivity contribution in [1.29, 1.82) is 0 Å². The summed E-state index contributed by atoms with van der Waals surface area (Å²) in [5.74, 6) is 0.991. The molecule has 1 unspecified atom stereocenters. The van der Waals surface area contributed by atoms with Gasteiger partial charge in [0, 0.05) is 24.3 Å². The molecule has 1 amide bonds. The third-order valence-corrected chi connectivity index (χ3v) is 5.49. The zero-order valence-corrected chi connectivity index (χ0v) is 15.5. The minimum absolute atomic E-state index is 0.0236. The molecule has 0 spiro atoms. The number of nitrogens with one attached hydrogen (secondary N) is 1. The molecule has 130 valence electrons. The normalized spacial score (nSPS) is 12.9. The van der Waals surface area contributed by atoms with Crippen molar-refractivity contribution in [2.45, 2.75) is 44.6 Å². The monoisotopic (exact) mass is 338 g/mol. The van der Waals surface area contributed by atoms with E-state index >= 15 is 0 Å². The zero-order valence-electron chi connectivity index (χ0n) is 14.7. The van der Waals surface area contributed by atoms with Crippen molar-refractivity contribution in [1.82, 2.24) is 5.32 Å². The predicted octanol–water partition coefficient (Wildman–Crippen LogP) is 3.37. The van der Waals surface area contributed by atoms with Crippen LogP contribution in [0.4, 0.5) is 0 Å². The lowest BCUT2D eigenvalue weighted by molar-refractivity contribution is -0.131. The molecule has 4 nitrogen and oxygen atoms in total. The van der Waals surface area contributed by atoms with Crippen molar-refractivity contribution < 1.29 is 9.53 Å². The van der Waals surface area contributed by atoms with E-state index in [0.29, 0.717) is 6.54 Å². The maximum Gasteiger partial charge on any atom is 0.227 e. The van der Waals surface area contributed by atoms with Gasteiger partial charge in [-0.05, 0) is 37.5 Å². The van der Waals surface area contributed by atoms with Crippen LogP contribution in [0.25, 0.3) is 0 Å². The number of carbonyl (C=O) groups is 1. The van der Waals surface area contributed by atoms with Crippen LogP contribution in [0.1, 0.15) is 45.2 Å². The predicted molar refractivity (Wildman–Crippen MR) is 97.7 cm³/mol. The number of ether oxygens (including phenoxy) is 1. The second kappa shape index (κ2) is 9.96. The molecule has 0 fully saturated rings. The van der Waals surface area contributed by atoms with E-state index in [1.54, 1.807) is 18.9 Å². The summed E-state index contributed by atoms with van der Waals surface area (Å²) >= 11 is 1.77. The molecular weight excluding hydrogens is 308 g/mol. The highest BCUT2D eigenvalue weighted by atomic mass is 32.2. The van der Waals surface area contributed by atoms with Gasteiger partial charge in [-0.3, -0.25) is 4.79 Å². The van der Waals surface area contributed by atoms with Crippen LogP contribution in [0.5, 0.6) is 0 Å². The van der Waals surface area contributed by atoms with Gasteiger partial charge >= 0.3 is 0 Å². The van der Waals surface area contributed by atoms with Crippen molar-refractivity contribution >= 4 is 17.7 Å². The fourth-order valence-electron chi connectivity index (χ4n) is 2.48. The molecule has 0 saturated heterocycles. The fourth-order valence-corrected chi connectivity index (χ4v) is 3.30. The molecule has 5 heteroatoms. The molecule has 0 saturated carbocycles. The van der Waals surface area contributed by atoms with Crippen molar-refractivity contribution in [3.8, 4) is 0 Å². The van der Waals surface area contributed by atoms with Crippen molar-refractivity contribution in [2.24, 2.45) is 11.1 Å². The molecule has 0 aliphatic heterocycles. The first-order valence-electron chi connectivity index (χ1n) is 8.25. The number of hydrogen-bond donors (Lipinski definition) is 2. The Balaban J connectivity index is 2.67. The van der Waals surface area contributed by atoms with Gasteiger partial charge in [-0.15, -0.1) is 11.8 Å². The van der Waals surface area contributed by atoms with Gasteiger partial charge < -0.3 is 15.8 Å². The smallest absolute Gasteiger partial charge is 0.227 e. The number of thioether (sulfide) groups is 1. The summed E-state index contributed by atoms with van der Waals surface area (Å²) in [5, 5.41) is 3.12. The average Bonchev–Trinajstić information content (AvgIpc) is 2.58. The third kappa shape index (κ3) is 5.52. The lowest BCUT2D eigenvalue weighted by Crippen LogP contribution is -2.46. The van der Waals surface area contributed by atoms with Crippen LogP contribution in [0.15, 0.2) is 29.2 Å². The first-order chi connectivity index (χ1) is 11.0. The molecular formula is C18H30N2O2S. The highest BCUT2D eigenvalue weighted by molar-refractivity contribution is 7.99. The molecule has 0 heterocycles. The molecule has 0 aliphatic rings. The van der Waals surface area contributed by atoms with E-state index in [4.69, 9.17) is 10.5 Å². The summed E-state index contributed by atoms with van der Waals surface area (Å²) in [4.78, 5) is 13.8. The van der Waals surface area contributed by atoms with E-state index in [1.807, 2.05) is 20.8 Å². The van der Waals surface area contributed by atoms with Crippen LogP contribution in [0.2, 0.25) is 0 Å². The van der Waals surface area contributed by atoms with E-state index < -0.39 is 5.41 Å². The molecule has 23 heavy (non-hydrogen) atoms. The second-order valence-electron chi connectivity index (χ2n) is 5.80. The molecule has 1 rings (SSSR count). The Labute approximate surface area is 144 Å². The number of amides is 1. The quantitative estimate of drug-likeness (QED) is 0.507. The van der Waals surface area contributed by atoms with E-state index in [2.05, 4.69) is 29.6 Å². The summed E-state index contributed by atoms with van der Waals surface area (Å²) < 4.78 is 5.05. The summed E-state index contributed by atoms with van der Waals surface area (Å²) in [6.07, 6.45) is 1.52. The maximum absolute atomic E-state index is 12.6. The fraction of sp³-hybridized carbons (Fsp3) is 0.611. The van der Waals surface area contributed by atoms with Crippen LogP contribution in [0, 0.1) is 5.41 Å². The van der Waals surface area contributed by atoms with Crippen molar-refractivity contribution in [3.63, 3.8) is 0 Å². The Morgan fingerprint density at radius 3 is 2.39 bits per heavy atom. The lowest BCUT2D eigenvalue weighted by atomic mass is 9.81. The maximum atomic E-state index is 12.6. The van der Waals surface area contributed by atoms with Crippen LogP contribution in [-0.4, -0.2) is 31.9 Å². The molecule has 0 radical (unpaired) electrons. The molecule has 1 aromatic rings. The SMILES string of the molecule is CCC(CC)(CN)C(=O)NC(C)c1ccc(SCCOC)cc1. The highest BCUT2D eigenvalue weighted by Crippen LogP contribution is 2.27. The zero-order chi connectivity index (χ0) is 17.3. The Hall–Kier alpha value is -1.04. The Morgan fingerprint density at radius 1 is 1.30 bits per heavy atom. The molecule has 0 aromatic heterocycles. The second-order valence-corrected chi connectivity index (χ2v) is 6.97. The summed E-state index contributed by atoms with van der Waals surface area (Å²) in [5.41, 5.74) is 6.50. The van der Waals surface area contributed by atoms with Crippen LogP contribution < -0.4 is 11.1 Å². The minimum Gasteiger partial charge on any atom is -0.384 e. The van der Waals surface area contributed by atoms with Gasteiger partial charge in [0.05, 0.1) is 18.1 Å². The Bertz CT molecular complexity index is 464. The van der Waals surface area contributed by atoms with Gasteiger partial charge in [0.25, 0.3) is 0 Å². The average molecular weight is 339 g/mol. The van der Waals surface area contributed by atoms with Gasteiger partial charge in [-0.2, -0.15) is 0 Å². The summed E-state index contributed by atoms with van der Waals surface area (Å²) in [6, 6.07) is 8.30. The van der Waals surface area contributed by atoms with Gasteiger partial charge in [-0.25, -0.2) is 0 Å². The van der Waals surface area contributed by atoms with Crippen LogP contribution in [0.3, 0.4) is 0 Å². The van der Waals surface area contributed by atoms with Crippen molar-refractivity contribution in [3.05, 3.63) is 29.8 Å². The number of benzene rings is 1. The Kier molecular flexibility index (Phi) is 8.66.